The monoisotopic (exact) mass is 377 g/mol. The number of nitrogens with zero attached hydrogens (tertiary/aromatic N) is 2. The third-order valence-electron chi connectivity index (χ3n) is 4.00. The molecule has 0 atom stereocenters. The zero-order valence-electron chi connectivity index (χ0n) is 12.5. The molecule has 3 rings (SSSR count). The van der Waals surface area contributed by atoms with Gasteiger partial charge in [0.15, 0.2) is 0 Å². The van der Waals surface area contributed by atoms with Crippen molar-refractivity contribution in [3.63, 3.8) is 0 Å². The van der Waals surface area contributed by atoms with E-state index in [0.717, 1.165) is 23.2 Å². The van der Waals surface area contributed by atoms with Gasteiger partial charge in [0.1, 0.15) is 5.82 Å². The molecule has 0 aromatic heterocycles. The number of rotatable bonds is 2. The van der Waals surface area contributed by atoms with Gasteiger partial charge in [0, 0.05) is 47.6 Å². The quantitative estimate of drug-likeness (QED) is 0.817. The molecule has 2 aromatic carbocycles. The molecule has 0 unspecified atom stereocenters. The maximum Gasteiger partial charge on any atom is 0.254 e. The number of halogens is 2. The number of anilines is 2. The van der Waals surface area contributed by atoms with Crippen molar-refractivity contribution in [1.29, 1.82) is 0 Å². The molecule has 1 aliphatic rings. The maximum atomic E-state index is 13.0. The van der Waals surface area contributed by atoms with Gasteiger partial charge in [-0.15, -0.1) is 0 Å². The van der Waals surface area contributed by atoms with Gasteiger partial charge in [-0.25, -0.2) is 4.39 Å². The summed E-state index contributed by atoms with van der Waals surface area (Å²) in [6, 6.07) is 11.7. The molecule has 0 radical (unpaired) electrons. The largest absolute Gasteiger partial charge is 0.398 e. The van der Waals surface area contributed by atoms with Crippen LogP contribution < -0.4 is 10.6 Å². The minimum Gasteiger partial charge on any atom is -0.398 e. The van der Waals surface area contributed by atoms with Crippen LogP contribution in [-0.4, -0.2) is 37.0 Å². The average Bonchev–Trinajstić information content (AvgIpc) is 2.57. The van der Waals surface area contributed by atoms with Gasteiger partial charge in [-0.2, -0.15) is 0 Å². The number of hydrogen-bond acceptors (Lipinski definition) is 3. The van der Waals surface area contributed by atoms with Crippen LogP contribution in [0.2, 0.25) is 0 Å². The number of hydrogen-bond donors (Lipinski definition) is 1. The van der Waals surface area contributed by atoms with Crippen LogP contribution >= 0.6 is 15.9 Å². The van der Waals surface area contributed by atoms with Crippen LogP contribution in [0.15, 0.2) is 46.9 Å². The molecule has 4 nitrogen and oxygen atoms in total. The summed E-state index contributed by atoms with van der Waals surface area (Å²) in [7, 11) is 0. The van der Waals surface area contributed by atoms with Crippen molar-refractivity contribution in [2.75, 3.05) is 36.8 Å². The van der Waals surface area contributed by atoms with E-state index in [-0.39, 0.29) is 11.7 Å². The highest BCUT2D eigenvalue weighted by Gasteiger charge is 2.22. The fourth-order valence-corrected chi connectivity index (χ4v) is 2.93. The van der Waals surface area contributed by atoms with Crippen molar-refractivity contribution >= 4 is 33.2 Å². The van der Waals surface area contributed by atoms with Crippen molar-refractivity contribution in [1.82, 2.24) is 4.90 Å². The van der Waals surface area contributed by atoms with Crippen molar-refractivity contribution in [2.24, 2.45) is 0 Å². The molecule has 2 aromatic rings. The summed E-state index contributed by atoms with van der Waals surface area (Å²) >= 11 is 3.33. The lowest BCUT2D eigenvalue weighted by Crippen LogP contribution is -2.48. The van der Waals surface area contributed by atoms with E-state index in [1.54, 1.807) is 30.3 Å². The normalized spacial score (nSPS) is 14.9. The fraction of sp³-hybridized carbons (Fsp3) is 0.235. The Morgan fingerprint density at radius 2 is 1.70 bits per heavy atom. The molecule has 0 bridgehead atoms. The topological polar surface area (TPSA) is 49.6 Å². The summed E-state index contributed by atoms with van der Waals surface area (Å²) < 4.78 is 13.8. The minimum absolute atomic E-state index is 0.0112. The Balaban J connectivity index is 1.65. The molecular weight excluding hydrogens is 361 g/mol. The summed E-state index contributed by atoms with van der Waals surface area (Å²) in [6.45, 7) is 2.71. The number of nitrogen functional groups attached to an aromatic ring is 1. The molecule has 0 spiro atoms. The van der Waals surface area contributed by atoms with E-state index < -0.39 is 0 Å². The lowest BCUT2D eigenvalue weighted by atomic mass is 10.1. The van der Waals surface area contributed by atoms with Crippen LogP contribution in [0.1, 0.15) is 10.4 Å². The Morgan fingerprint density at radius 3 is 2.30 bits per heavy atom. The second-order valence-electron chi connectivity index (χ2n) is 5.49. The van der Waals surface area contributed by atoms with Gasteiger partial charge in [0.05, 0.1) is 0 Å². The van der Waals surface area contributed by atoms with Crippen molar-refractivity contribution in [3.05, 3.63) is 58.3 Å². The Hall–Kier alpha value is -2.08. The minimum atomic E-state index is -0.240. The highest BCUT2D eigenvalue weighted by Crippen LogP contribution is 2.22. The molecule has 1 saturated heterocycles. The molecule has 1 heterocycles. The first-order valence-corrected chi connectivity index (χ1v) is 8.19. The predicted molar refractivity (Wildman–Crippen MR) is 93.1 cm³/mol. The Morgan fingerprint density at radius 1 is 1.04 bits per heavy atom. The Kier molecular flexibility index (Phi) is 4.52. The zero-order valence-corrected chi connectivity index (χ0v) is 14.1. The first kappa shape index (κ1) is 15.8. The second kappa shape index (κ2) is 6.58. The zero-order chi connectivity index (χ0) is 16.4. The SMILES string of the molecule is Nc1cc(C(=O)N2CCN(c3ccc(F)cc3)CC2)ccc1Br. The summed E-state index contributed by atoms with van der Waals surface area (Å²) in [5.41, 5.74) is 7.97. The molecule has 120 valence electrons. The molecule has 0 aliphatic carbocycles. The van der Waals surface area contributed by atoms with E-state index in [4.69, 9.17) is 5.73 Å². The van der Waals surface area contributed by atoms with Crippen LogP contribution in [0.25, 0.3) is 0 Å². The van der Waals surface area contributed by atoms with Gasteiger partial charge in [-0.1, -0.05) is 0 Å². The smallest absolute Gasteiger partial charge is 0.254 e. The first-order valence-electron chi connectivity index (χ1n) is 7.39. The van der Waals surface area contributed by atoms with Gasteiger partial charge in [-0.05, 0) is 58.4 Å². The van der Waals surface area contributed by atoms with E-state index in [1.807, 2.05) is 4.90 Å². The molecule has 6 heteroatoms. The molecule has 2 N–H and O–H groups in total. The van der Waals surface area contributed by atoms with Crippen LogP contribution in [0.3, 0.4) is 0 Å². The van der Waals surface area contributed by atoms with E-state index >= 15 is 0 Å². The first-order chi connectivity index (χ1) is 11.0. The van der Waals surface area contributed by atoms with Crippen molar-refractivity contribution in [3.8, 4) is 0 Å². The molecule has 1 amide bonds. The summed E-state index contributed by atoms with van der Waals surface area (Å²) in [4.78, 5) is 16.5. The Bertz CT molecular complexity index is 712. The number of carbonyl (C=O) groups is 1. The van der Waals surface area contributed by atoms with Gasteiger partial charge in [0.2, 0.25) is 0 Å². The second-order valence-corrected chi connectivity index (χ2v) is 6.35. The number of nitrogens with two attached hydrogens (primary N) is 1. The van der Waals surface area contributed by atoms with E-state index in [9.17, 15) is 9.18 Å². The number of amides is 1. The van der Waals surface area contributed by atoms with Crippen LogP contribution in [0.4, 0.5) is 15.8 Å². The molecule has 23 heavy (non-hydrogen) atoms. The third kappa shape index (κ3) is 3.47. The van der Waals surface area contributed by atoms with Crippen molar-refractivity contribution in [2.45, 2.75) is 0 Å². The van der Waals surface area contributed by atoms with E-state index in [1.165, 1.54) is 12.1 Å². The van der Waals surface area contributed by atoms with Gasteiger partial charge >= 0.3 is 0 Å². The summed E-state index contributed by atoms with van der Waals surface area (Å²) in [6.07, 6.45) is 0. The van der Waals surface area contributed by atoms with Crippen LogP contribution in [0.5, 0.6) is 0 Å². The average molecular weight is 378 g/mol. The van der Waals surface area contributed by atoms with E-state index in [2.05, 4.69) is 20.8 Å². The molecule has 1 fully saturated rings. The standard InChI is InChI=1S/C17H17BrFN3O/c18-15-6-1-12(11-16(15)20)17(23)22-9-7-21(8-10-22)14-4-2-13(19)3-5-14/h1-6,11H,7-10,20H2. The van der Waals surface area contributed by atoms with Crippen LogP contribution in [-0.2, 0) is 0 Å². The lowest BCUT2D eigenvalue weighted by molar-refractivity contribution is 0.0747. The highest BCUT2D eigenvalue weighted by molar-refractivity contribution is 9.10. The van der Waals surface area contributed by atoms with Gasteiger partial charge in [-0.3, -0.25) is 4.79 Å². The van der Waals surface area contributed by atoms with E-state index in [0.29, 0.717) is 24.3 Å². The number of piperazine rings is 1. The molecular formula is C17H17BrFN3O. The van der Waals surface area contributed by atoms with Gasteiger partial charge < -0.3 is 15.5 Å². The third-order valence-corrected chi connectivity index (χ3v) is 4.72. The summed E-state index contributed by atoms with van der Waals surface area (Å²) in [5, 5.41) is 0. The van der Waals surface area contributed by atoms with Gasteiger partial charge in [0.25, 0.3) is 5.91 Å². The van der Waals surface area contributed by atoms with Crippen LogP contribution in [0, 0.1) is 5.82 Å². The fourth-order valence-electron chi connectivity index (χ4n) is 2.68. The summed E-state index contributed by atoms with van der Waals surface area (Å²) in [5.74, 6) is -0.252. The number of benzene rings is 2. The Labute approximate surface area is 142 Å². The molecule has 1 aliphatic heterocycles. The predicted octanol–water partition coefficient (Wildman–Crippen LogP) is 3.13. The highest BCUT2D eigenvalue weighted by atomic mass is 79.9. The maximum absolute atomic E-state index is 13.0. The lowest BCUT2D eigenvalue weighted by Gasteiger charge is -2.36. The number of carbonyl (C=O) groups excluding carboxylic acids is 1. The molecule has 0 saturated carbocycles. The van der Waals surface area contributed by atoms with Crippen molar-refractivity contribution < 1.29 is 9.18 Å².